The molecule has 0 atom stereocenters. The van der Waals surface area contributed by atoms with Gasteiger partial charge in [-0.2, -0.15) is 5.10 Å². The van der Waals surface area contributed by atoms with E-state index in [2.05, 4.69) is 25.6 Å². The maximum atomic E-state index is 12.6. The number of piperidine rings is 1. The summed E-state index contributed by atoms with van der Waals surface area (Å²) in [6, 6.07) is 13.1. The number of aromatic nitrogens is 3. The molecule has 156 valence electrons. The predicted octanol–water partition coefficient (Wildman–Crippen LogP) is 2.93. The number of carbonyl (C=O) groups excluding carboxylic acids is 1. The van der Waals surface area contributed by atoms with E-state index in [-0.39, 0.29) is 18.6 Å². The van der Waals surface area contributed by atoms with E-state index < -0.39 is 0 Å². The first-order valence-corrected chi connectivity index (χ1v) is 10.2. The minimum Gasteiger partial charge on any atom is -0.393 e. The van der Waals surface area contributed by atoms with E-state index in [1.807, 2.05) is 24.3 Å². The van der Waals surface area contributed by atoms with Crippen LogP contribution in [-0.2, 0) is 4.79 Å². The van der Waals surface area contributed by atoms with Gasteiger partial charge in [-0.05, 0) is 43.2 Å². The average Bonchev–Trinajstić information content (AvgIpc) is 3.28. The molecule has 0 aliphatic carbocycles. The van der Waals surface area contributed by atoms with Gasteiger partial charge < -0.3 is 20.6 Å². The molecule has 1 aliphatic heterocycles. The van der Waals surface area contributed by atoms with Crippen molar-refractivity contribution in [2.45, 2.75) is 18.9 Å². The number of para-hydroxylation sites is 2. The SMILES string of the molecule is O=C(CNc1ccccc1N1CCC(O)CC1)Nc1cc(Cl)ccc1-n1cncn1. The molecule has 1 saturated heterocycles. The number of benzene rings is 2. The Labute approximate surface area is 179 Å². The molecule has 0 bridgehead atoms. The molecular weight excluding hydrogens is 404 g/mol. The summed E-state index contributed by atoms with van der Waals surface area (Å²) in [4.78, 5) is 18.8. The third-order valence-electron chi connectivity index (χ3n) is 5.05. The van der Waals surface area contributed by atoms with Crippen molar-refractivity contribution in [1.82, 2.24) is 14.8 Å². The molecule has 30 heavy (non-hydrogen) atoms. The number of nitrogens with one attached hydrogen (secondary N) is 2. The summed E-state index contributed by atoms with van der Waals surface area (Å²) in [7, 11) is 0. The Balaban J connectivity index is 1.44. The summed E-state index contributed by atoms with van der Waals surface area (Å²) in [5, 5.41) is 20.5. The molecule has 0 radical (unpaired) electrons. The lowest BCUT2D eigenvalue weighted by atomic mass is 10.1. The van der Waals surface area contributed by atoms with Gasteiger partial charge in [0.1, 0.15) is 12.7 Å². The van der Waals surface area contributed by atoms with Crippen LogP contribution in [0, 0.1) is 0 Å². The van der Waals surface area contributed by atoms with Gasteiger partial charge in [-0.1, -0.05) is 23.7 Å². The van der Waals surface area contributed by atoms with Gasteiger partial charge in [0.2, 0.25) is 5.91 Å². The Hall–Kier alpha value is -3.10. The minimum atomic E-state index is -0.232. The van der Waals surface area contributed by atoms with Crippen molar-refractivity contribution < 1.29 is 9.90 Å². The Bertz CT molecular complexity index is 1000. The van der Waals surface area contributed by atoms with E-state index in [4.69, 9.17) is 11.6 Å². The van der Waals surface area contributed by atoms with Crippen LogP contribution in [0.5, 0.6) is 0 Å². The zero-order chi connectivity index (χ0) is 20.9. The number of anilines is 3. The van der Waals surface area contributed by atoms with E-state index in [0.717, 1.165) is 37.3 Å². The molecule has 2 heterocycles. The zero-order valence-corrected chi connectivity index (χ0v) is 17.1. The van der Waals surface area contributed by atoms with Crippen LogP contribution in [-0.4, -0.2) is 51.5 Å². The maximum absolute atomic E-state index is 12.6. The quantitative estimate of drug-likeness (QED) is 0.561. The van der Waals surface area contributed by atoms with E-state index in [1.165, 1.54) is 6.33 Å². The molecule has 8 nitrogen and oxygen atoms in total. The molecule has 0 saturated carbocycles. The normalized spacial score (nSPS) is 14.5. The zero-order valence-electron chi connectivity index (χ0n) is 16.3. The number of nitrogens with zero attached hydrogens (tertiary/aromatic N) is 4. The summed E-state index contributed by atoms with van der Waals surface area (Å²) < 4.78 is 1.57. The smallest absolute Gasteiger partial charge is 0.243 e. The van der Waals surface area contributed by atoms with Gasteiger partial charge in [-0.25, -0.2) is 9.67 Å². The molecule has 1 amide bonds. The van der Waals surface area contributed by atoms with Gasteiger partial charge in [0.25, 0.3) is 0 Å². The van der Waals surface area contributed by atoms with Crippen molar-refractivity contribution in [2.75, 3.05) is 35.2 Å². The third kappa shape index (κ3) is 4.72. The monoisotopic (exact) mass is 426 g/mol. The lowest BCUT2D eigenvalue weighted by molar-refractivity contribution is -0.114. The van der Waals surface area contributed by atoms with E-state index in [9.17, 15) is 9.90 Å². The number of amides is 1. The maximum Gasteiger partial charge on any atom is 0.243 e. The van der Waals surface area contributed by atoms with Crippen molar-refractivity contribution in [3.8, 4) is 5.69 Å². The number of aliphatic hydroxyl groups is 1. The first kappa shape index (κ1) is 20.2. The highest BCUT2D eigenvalue weighted by molar-refractivity contribution is 6.31. The molecular formula is C21H23ClN6O2. The molecule has 4 rings (SSSR count). The number of halogens is 1. The topological polar surface area (TPSA) is 95.3 Å². The van der Waals surface area contributed by atoms with Gasteiger partial charge in [-0.15, -0.1) is 0 Å². The largest absolute Gasteiger partial charge is 0.393 e. The van der Waals surface area contributed by atoms with Crippen LogP contribution >= 0.6 is 11.6 Å². The van der Waals surface area contributed by atoms with Crippen LogP contribution in [0.1, 0.15) is 12.8 Å². The van der Waals surface area contributed by atoms with Gasteiger partial charge in [0, 0.05) is 18.1 Å². The standard InChI is InChI=1S/C21H23ClN6O2/c22-15-5-6-20(28-14-23-13-25-28)18(11-15)26-21(30)12-24-17-3-1-2-4-19(17)27-9-7-16(29)8-10-27/h1-6,11,13-14,16,24,29H,7-10,12H2,(H,26,30). The van der Waals surface area contributed by atoms with Crippen molar-refractivity contribution >= 4 is 34.6 Å². The van der Waals surface area contributed by atoms with Crippen LogP contribution in [0.2, 0.25) is 5.02 Å². The molecule has 3 aromatic rings. The Kier molecular flexibility index (Phi) is 6.15. The molecule has 1 aromatic heterocycles. The lowest BCUT2D eigenvalue weighted by Crippen LogP contribution is -2.36. The molecule has 2 aromatic carbocycles. The highest BCUT2D eigenvalue weighted by atomic mass is 35.5. The second-order valence-electron chi connectivity index (χ2n) is 7.14. The fourth-order valence-electron chi connectivity index (χ4n) is 3.52. The third-order valence-corrected chi connectivity index (χ3v) is 5.28. The van der Waals surface area contributed by atoms with Crippen LogP contribution in [0.3, 0.4) is 0 Å². The molecule has 1 fully saturated rings. The van der Waals surface area contributed by atoms with E-state index in [0.29, 0.717) is 16.4 Å². The minimum absolute atomic E-state index is 0.0940. The summed E-state index contributed by atoms with van der Waals surface area (Å²) >= 11 is 6.12. The molecule has 3 N–H and O–H groups in total. The van der Waals surface area contributed by atoms with Crippen molar-refractivity contribution in [1.29, 1.82) is 0 Å². The Morgan fingerprint density at radius 1 is 1.13 bits per heavy atom. The summed E-state index contributed by atoms with van der Waals surface area (Å²) in [6.07, 6.45) is 4.24. The molecule has 0 spiro atoms. The van der Waals surface area contributed by atoms with Gasteiger partial charge in [0.15, 0.2) is 0 Å². The summed E-state index contributed by atoms with van der Waals surface area (Å²) in [5.74, 6) is -0.206. The summed E-state index contributed by atoms with van der Waals surface area (Å²) in [6.45, 7) is 1.67. The molecule has 9 heteroatoms. The predicted molar refractivity (Wildman–Crippen MR) is 117 cm³/mol. The summed E-state index contributed by atoms with van der Waals surface area (Å²) in [5.41, 5.74) is 3.14. The van der Waals surface area contributed by atoms with Crippen LogP contribution in [0.4, 0.5) is 17.1 Å². The number of hydrogen-bond donors (Lipinski definition) is 3. The Morgan fingerprint density at radius 2 is 1.93 bits per heavy atom. The average molecular weight is 427 g/mol. The van der Waals surface area contributed by atoms with Crippen LogP contribution < -0.4 is 15.5 Å². The van der Waals surface area contributed by atoms with E-state index >= 15 is 0 Å². The highest BCUT2D eigenvalue weighted by Gasteiger charge is 2.19. The van der Waals surface area contributed by atoms with Gasteiger partial charge in [-0.3, -0.25) is 4.79 Å². The fraction of sp³-hybridized carbons (Fsp3) is 0.286. The second-order valence-corrected chi connectivity index (χ2v) is 7.58. The number of aliphatic hydroxyl groups excluding tert-OH is 1. The van der Waals surface area contributed by atoms with Gasteiger partial charge >= 0.3 is 0 Å². The van der Waals surface area contributed by atoms with Crippen molar-refractivity contribution in [2.24, 2.45) is 0 Å². The van der Waals surface area contributed by atoms with Crippen molar-refractivity contribution in [3.05, 3.63) is 60.1 Å². The number of hydrogen-bond acceptors (Lipinski definition) is 6. The van der Waals surface area contributed by atoms with Crippen LogP contribution in [0.15, 0.2) is 55.1 Å². The Morgan fingerprint density at radius 3 is 2.70 bits per heavy atom. The molecule has 0 unspecified atom stereocenters. The first-order valence-electron chi connectivity index (χ1n) is 9.80. The fourth-order valence-corrected chi connectivity index (χ4v) is 3.69. The highest BCUT2D eigenvalue weighted by Crippen LogP contribution is 2.28. The molecule has 1 aliphatic rings. The first-order chi connectivity index (χ1) is 14.6. The van der Waals surface area contributed by atoms with Gasteiger partial charge in [0.05, 0.1) is 35.4 Å². The number of rotatable bonds is 6. The second kappa shape index (κ2) is 9.15. The number of carbonyl (C=O) groups is 1. The lowest BCUT2D eigenvalue weighted by Gasteiger charge is -2.32. The van der Waals surface area contributed by atoms with Crippen molar-refractivity contribution in [3.63, 3.8) is 0 Å². The van der Waals surface area contributed by atoms with Crippen LogP contribution in [0.25, 0.3) is 5.69 Å². The van der Waals surface area contributed by atoms with E-state index in [1.54, 1.807) is 29.2 Å².